The van der Waals surface area contributed by atoms with Gasteiger partial charge in [0, 0.05) is 40.3 Å². The minimum absolute atomic E-state index is 0.0680. The summed E-state index contributed by atoms with van der Waals surface area (Å²) < 4.78 is 0.778. The first-order chi connectivity index (χ1) is 14.3. The number of hydrogen-bond acceptors (Lipinski definition) is 4. The first-order valence-corrected chi connectivity index (χ1v) is 11.4. The van der Waals surface area contributed by atoms with Crippen LogP contribution in [0.5, 0.6) is 0 Å². The molecule has 1 aromatic carbocycles. The minimum atomic E-state index is -0.164. The Labute approximate surface area is 192 Å². The highest BCUT2D eigenvalue weighted by Crippen LogP contribution is 2.42. The first-order valence-electron chi connectivity index (χ1n) is 9.43. The van der Waals surface area contributed by atoms with Crippen LogP contribution in [-0.4, -0.2) is 34.8 Å². The molecule has 0 spiro atoms. The maximum absolute atomic E-state index is 13.1. The van der Waals surface area contributed by atoms with Crippen molar-refractivity contribution < 1.29 is 9.59 Å². The average molecular weight is 483 g/mol. The van der Waals surface area contributed by atoms with Gasteiger partial charge >= 0.3 is 0 Å². The molecule has 3 heterocycles. The van der Waals surface area contributed by atoms with E-state index >= 15 is 0 Å². The van der Waals surface area contributed by atoms with Crippen LogP contribution in [0.4, 0.5) is 5.82 Å². The van der Waals surface area contributed by atoms with Gasteiger partial charge in [0.1, 0.15) is 10.7 Å². The molecule has 1 saturated heterocycles. The molecule has 2 aromatic heterocycles. The largest absolute Gasteiger partial charge is 0.338 e. The molecule has 0 radical (unpaired) electrons. The molecule has 9 heteroatoms. The number of nitrogens with zero attached hydrogens (tertiary/aromatic N) is 2. The number of aryl methyl sites for hydroxylation is 1. The summed E-state index contributed by atoms with van der Waals surface area (Å²) in [4.78, 5) is 32.0. The van der Waals surface area contributed by atoms with Crippen molar-refractivity contribution in [3.63, 3.8) is 0 Å². The number of hydrogen-bond donors (Lipinski definition) is 1. The second-order valence-corrected chi connectivity index (χ2v) is 9.55. The number of nitrogens with one attached hydrogen (secondary N) is 1. The summed E-state index contributed by atoms with van der Waals surface area (Å²) in [6, 6.07) is 7.08. The summed E-state index contributed by atoms with van der Waals surface area (Å²) in [5.74, 6) is 0.169. The van der Waals surface area contributed by atoms with Crippen LogP contribution in [0.25, 0.3) is 10.1 Å². The lowest BCUT2D eigenvalue weighted by molar-refractivity contribution is -0.121. The van der Waals surface area contributed by atoms with Crippen LogP contribution in [0.15, 0.2) is 30.5 Å². The smallest absolute Gasteiger partial charge is 0.265 e. The van der Waals surface area contributed by atoms with Crippen LogP contribution in [0.3, 0.4) is 0 Å². The van der Waals surface area contributed by atoms with Crippen molar-refractivity contribution in [2.24, 2.45) is 5.92 Å². The number of carbonyl (C=O) groups excluding carboxylic acids is 2. The molecule has 0 atom stereocenters. The number of benzene rings is 1. The Bertz CT molecular complexity index is 1140. The van der Waals surface area contributed by atoms with Gasteiger partial charge in [-0.2, -0.15) is 0 Å². The number of piperidine rings is 1. The van der Waals surface area contributed by atoms with E-state index in [9.17, 15) is 9.59 Å². The summed E-state index contributed by atoms with van der Waals surface area (Å²) in [6.45, 7) is 2.91. The molecule has 1 N–H and O–H groups in total. The third kappa shape index (κ3) is 4.28. The molecule has 0 aliphatic carbocycles. The van der Waals surface area contributed by atoms with Crippen molar-refractivity contribution in [2.75, 3.05) is 18.4 Å². The van der Waals surface area contributed by atoms with E-state index in [-0.39, 0.29) is 17.7 Å². The van der Waals surface area contributed by atoms with Gasteiger partial charge in [0.2, 0.25) is 5.91 Å². The maximum atomic E-state index is 13.1. The standard InChI is InChI=1S/C21H18Cl3N3O2S/c1-11-2-5-25-16(8-11)26-20(28)12-3-6-27(7-4-12)21(29)19-18(24)17-14(23)9-13(22)10-15(17)30-19/h2,5,8-10,12H,3-4,6-7H2,1H3,(H,25,26,28). The lowest BCUT2D eigenvalue weighted by Gasteiger charge is -2.31. The number of amides is 2. The molecular weight excluding hydrogens is 465 g/mol. The van der Waals surface area contributed by atoms with Crippen molar-refractivity contribution in [3.05, 3.63) is 56.0 Å². The second kappa shape index (κ2) is 8.71. The lowest BCUT2D eigenvalue weighted by Crippen LogP contribution is -2.41. The highest BCUT2D eigenvalue weighted by atomic mass is 35.5. The molecule has 1 aliphatic rings. The van der Waals surface area contributed by atoms with E-state index in [4.69, 9.17) is 34.8 Å². The van der Waals surface area contributed by atoms with Crippen molar-refractivity contribution in [2.45, 2.75) is 19.8 Å². The van der Waals surface area contributed by atoms with Crippen LogP contribution in [0.2, 0.25) is 15.1 Å². The second-order valence-electron chi connectivity index (χ2n) is 7.28. The number of likely N-dealkylation sites (tertiary alicyclic amines) is 1. The van der Waals surface area contributed by atoms with E-state index in [0.717, 1.165) is 10.3 Å². The summed E-state index contributed by atoms with van der Waals surface area (Å²) in [5.41, 5.74) is 1.03. The third-order valence-electron chi connectivity index (χ3n) is 5.16. The topological polar surface area (TPSA) is 62.3 Å². The van der Waals surface area contributed by atoms with Crippen molar-refractivity contribution in [1.29, 1.82) is 0 Å². The molecular formula is C21H18Cl3N3O2S. The Morgan fingerprint density at radius 2 is 1.90 bits per heavy atom. The van der Waals surface area contributed by atoms with Gasteiger partial charge in [-0.25, -0.2) is 4.98 Å². The fourth-order valence-corrected chi connectivity index (χ4v) is 5.91. The zero-order chi connectivity index (χ0) is 21.4. The van der Waals surface area contributed by atoms with Crippen molar-refractivity contribution in [3.8, 4) is 0 Å². The number of aromatic nitrogens is 1. The number of fused-ring (bicyclic) bond motifs is 1. The molecule has 1 fully saturated rings. The number of halogens is 3. The number of rotatable bonds is 3. The van der Waals surface area contributed by atoms with Crippen LogP contribution in [0.1, 0.15) is 28.1 Å². The monoisotopic (exact) mass is 481 g/mol. The van der Waals surface area contributed by atoms with Gasteiger partial charge in [-0.05, 0) is 49.6 Å². The third-order valence-corrected chi connectivity index (χ3v) is 7.29. The Morgan fingerprint density at radius 3 is 2.60 bits per heavy atom. The lowest BCUT2D eigenvalue weighted by atomic mass is 9.95. The number of thiophene rings is 1. The van der Waals surface area contributed by atoms with E-state index in [2.05, 4.69) is 10.3 Å². The molecule has 1 aliphatic heterocycles. The van der Waals surface area contributed by atoms with E-state index in [1.165, 1.54) is 11.3 Å². The van der Waals surface area contributed by atoms with Gasteiger partial charge in [-0.3, -0.25) is 9.59 Å². The van der Waals surface area contributed by atoms with Crippen LogP contribution in [0, 0.1) is 12.8 Å². The Kier molecular flexibility index (Phi) is 6.21. The Balaban J connectivity index is 1.43. The summed E-state index contributed by atoms with van der Waals surface area (Å²) >= 11 is 20.1. The van der Waals surface area contributed by atoms with E-state index in [0.29, 0.717) is 57.1 Å². The SMILES string of the molecule is Cc1ccnc(NC(=O)C2CCN(C(=O)c3sc4cc(Cl)cc(Cl)c4c3Cl)CC2)c1. The summed E-state index contributed by atoms with van der Waals surface area (Å²) in [5, 5.41) is 4.80. The minimum Gasteiger partial charge on any atom is -0.338 e. The quantitative estimate of drug-likeness (QED) is 0.494. The fraction of sp³-hybridized carbons (Fsp3) is 0.286. The Morgan fingerprint density at radius 1 is 1.17 bits per heavy atom. The van der Waals surface area contributed by atoms with Crippen LogP contribution < -0.4 is 5.32 Å². The van der Waals surface area contributed by atoms with E-state index < -0.39 is 0 Å². The predicted octanol–water partition coefficient (Wildman–Crippen LogP) is 6.06. The van der Waals surface area contributed by atoms with Gasteiger partial charge in [-0.1, -0.05) is 34.8 Å². The molecule has 0 unspecified atom stereocenters. The molecule has 0 saturated carbocycles. The van der Waals surface area contributed by atoms with Gasteiger partial charge in [-0.15, -0.1) is 11.3 Å². The number of anilines is 1. The van der Waals surface area contributed by atoms with Gasteiger partial charge in [0.25, 0.3) is 5.91 Å². The zero-order valence-electron chi connectivity index (χ0n) is 16.0. The van der Waals surface area contributed by atoms with E-state index in [1.54, 1.807) is 23.2 Å². The summed E-state index contributed by atoms with van der Waals surface area (Å²) in [6.07, 6.45) is 2.83. The number of carbonyl (C=O) groups is 2. The van der Waals surface area contributed by atoms with Crippen LogP contribution >= 0.6 is 46.1 Å². The molecule has 5 nitrogen and oxygen atoms in total. The van der Waals surface area contributed by atoms with Crippen molar-refractivity contribution >= 4 is 73.9 Å². The molecule has 3 aromatic rings. The predicted molar refractivity (Wildman–Crippen MR) is 123 cm³/mol. The van der Waals surface area contributed by atoms with Gasteiger partial charge < -0.3 is 10.2 Å². The Hall–Kier alpha value is -1.86. The van der Waals surface area contributed by atoms with Gasteiger partial charge in [0.05, 0.1) is 10.0 Å². The van der Waals surface area contributed by atoms with Crippen LogP contribution in [-0.2, 0) is 4.79 Å². The average Bonchev–Trinajstić information content (AvgIpc) is 3.04. The fourth-order valence-electron chi connectivity index (χ4n) is 3.57. The zero-order valence-corrected chi connectivity index (χ0v) is 19.1. The molecule has 30 heavy (non-hydrogen) atoms. The van der Waals surface area contributed by atoms with E-state index in [1.807, 2.05) is 19.1 Å². The maximum Gasteiger partial charge on any atom is 0.265 e. The molecule has 4 rings (SSSR count). The molecule has 0 bridgehead atoms. The molecule has 156 valence electrons. The first kappa shape index (κ1) is 21.4. The summed E-state index contributed by atoms with van der Waals surface area (Å²) in [7, 11) is 0. The normalized spacial score (nSPS) is 14.9. The highest BCUT2D eigenvalue weighted by Gasteiger charge is 2.30. The number of pyridine rings is 1. The van der Waals surface area contributed by atoms with Crippen molar-refractivity contribution in [1.82, 2.24) is 9.88 Å². The van der Waals surface area contributed by atoms with Gasteiger partial charge in [0.15, 0.2) is 0 Å². The molecule has 2 amide bonds. The highest BCUT2D eigenvalue weighted by molar-refractivity contribution is 7.21.